The highest BCUT2D eigenvalue weighted by atomic mass is 16.6. The quantitative estimate of drug-likeness (QED) is 0.333. The van der Waals surface area contributed by atoms with E-state index in [2.05, 4.69) is 26.1 Å². The summed E-state index contributed by atoms with van der Waals surface area (Å²) in [6.45, 7) is 0. The Labute approximate surface area is 153 Å². The topological polar surface area (TPSA) is 111 Å². The van der Waals surface area contributed by atoms with Crippen molar-refractivity contribution < 1.29 is 4.92 Å². The summed E-state index contributed by atoms with van der Waals surface area (Å²) in [5, 5.41) is 28.6. The van der Waals surface area contributed by atoms with Gasteiger partial charge in [-0.05, 0) is 39.6 Å². The smallest absolute Gasteiger partial charge is 0.258 e. The van der Waals surface area contributed by atoms with E-state index >= 15 is 0 Å². The molecule has 3 aromatic carbocycles. The van der Waals surface area contributed by atoms with Gasteiger partial charge in [0, 0.05) is 17.5 Å². The number of non-ortho nitro benzene ring substituents is 1. The molecule has 1 heterocycles. The lowest BCUT2D eigenvalue weighted by molar-refractivity contribution is -0.384. The molecule has 0 unspecified atom stereocenters. The summed E-state index contributed by atoms with van der Waals surface area (Å²) < 4.78 is 1.56. The van der Waals surface area contributed by atoms with Crippen LogP contribution >= 0.6 is 0 Å². The van der Waals surface area contributed by atoms with Crippen LogP contribution in [0.2, 0.25) is 0 Å². The molecule has 0 bridgehead atoms. The first-order valence-electron chi connectivity index (χ1n) is 8.02. The van der Waals surface area contributed by atoms with Crippen LogP contribution in [-0.2, 0) is 0 Å². The van der Waals surface area contributed by atoms with Crippen LogP contribution < -0.4 is 5.43 Å². The third-order valence-electron chi connectivity index (χ3n) is 3.95. The molecule has 9 nitrogen and oxygen atoms in total. The van der Waals surface area contributed by atoms with Gasteiger partial charge in [0.05, 0.1) is 16.8 Å². The van der Waals surface area contributed by atoms with E-state index in [1.54, 1.807) is 16.8 Å². The molecule has 0 saturated carbocycles. The number of aromatic nitrogens is 4. The zero-order chi connectivity index (χ0) is 18.6. The Morgan fingerprint density at radius 2 is 1.81 bits per heavy atom. The van der Waals surface area contributed by atoms with Crippen molar-refractivity contribution in [2.24, 2.45) is 5.10 Å². The lowest BCUT2D eigenvalue weighted by Crippen LogP contribution is -2.04. The Kier molecular flexibility index (Phi) is 4.24. The second-order valence-electron chi connectivity index (χ2n) is 5.63. The molecule has 27 heavy (non-hydrogen) atoms. The van der Waals surface area contributed by atoms with Crippen LogP contribution in [0.15, 0.2) is 71.8 Å². The maximum atomic E-state index is 10.7. The van der Waals surface area contributed by atoms with E-state index in [1.807, 2.05) is 42.5 Å². The van der Waals surface area contributed by atoms with E-state index in [0.717, 1.165) is 16.5 Å². The number of rotatable bonds is 5. The third kappa shape index (κ3) is 3.33. The van der Waals surface area contributed by atoms with Gasteiger partial charge in [0.25, 0.3) is 11.6 Å². The molecule has 0 aliphatic heterocycles. The van der Waals surface area contributed by atoms with Crippen molar-refractivity contribution in [2.45, 2.75) is 0 Å². The first-order chi connectivity index (χ1) is 13.2. The normalized spacial score (nSPS) is 11.1. The van der Waals surface area contributed by atoms with Crippen molar-refractivity contribution in [3.8, 4) is 5.69 Å². The number of tetrazole rings is 1. The van der Waals surface area contributed by atoms with E-state index in [0.29, 0.717) is 11.5 Å². The van der Waals surface area contributed by atoms with Crippen LogP contribution in [0.5, 0.6) is 0 Å². The van der Waals surface area contributed by atoms with E-state index in [9.17, 15) is 10.1 Å². The summed E-state index contributed by atoms with van der Waals surface area (Å²) in [5.74, 6) is 0.351. The number of benzene rings is 3. The number of nitro benzene ring substituents is 1. The maximum absolute atomic E-state index is 10.7. The Bertz CT molecular complexity index is 1130. The molecule has 0 saturated heterocycles. The number of hydrogen-bond donors (Lipinski definition) is 1. The molecule has 0 amide bonds. The number of hydrazone groups is 1. The van der Waals surface area contributed by atoms with Crippen LogP contribution in [0.3, 0.4) is 0 Å². The summed E-state index contributed by atoms with van der Waals surface area (Å²) in [6, 6.07) is 19.9. The van der Waals surface area contributed by atoms with Crippen molar-refractivity contribution in [3.05, 3.63) is 82.4 Å². The number of nitrogens with one attached hydrogen (secondary N) is 1. The second-order valence-corrected chi connectivity index (χ2v) is 5.63. The van der Waals surface area contributed by atoms with Gasteiger partial charge in [0.1, 0.15) is 0 Å². The van der Waals surface area contributed by atoms with Crippen LogP contribution in [0, 0.1) is 10.1 Å². The van der Waals surface area contributed by atoms with Gasteiger partial charge in [0.2, 0.25) is 0 Å². The summed E-state index contributed by atoms with van der Waals surface area (Å²) >= 11 is 0. The fraction of sp³-hybridized carbons (Fsp3) is 0. The van der Waals surface area contributed by atoms with E-state index < -0.39 is 4.92 Å². The molecule has 4 aromatic rings. The van der Waals surface area contributed by atoms with Crippen molar-refractivity contribution >= 4 is 28.6 Å². The number of nitrogens with zero attached hydrogens (tertiary/aromatic N) is 6. The van der Waals surface area contributed by atoms with Crippen molar-refractivity contribution in [1.29, 1.82) is 0 Å². The van der Waals surface area contributed by atoms with Gasteiger partial charge in [-0.15, -0.1) is 0 Å². The van der Waals surface area contributed by atoms with Gasteiger partial charge in [0.15, 0.2) is 0 Å². The maximum Gasteiger partial charge on any atom is 0.269 e. The molecular formula is C18H13N7O2. The molecule has 0 aliphatic carbocycles. The SMILES string of the molecule is O=[N+]([O-])c1ccc(C=NNc2nnnn2-c2cccc3ccccc23)cc1. The Morgan fingerprint density at radius 1 is 1.04 bits per heavy atom. The van der Waals surface area contributed by atoms with Crippen molar-refractivity contribution in [2.75, 3.05) is 5.43 Å². The number of anilines is 1. The molecule has 0 aliphatic rings. The number of nitro groups is 1. The summed E-state index contributed by atoms with van der Waals surface area (Å²) in [5.41, 5.74) is 4.36. The molecule has 0 radical (unpaired) electrons. The monoisotopic (exact) mass is 359 g/mol. The molecule has 0 atom stereocenters. The molecule has 4 rings (SSSR count). The molecule has 0 fully saturated rings. The van der Waals surface area contributed by atoms with Crippen LogP contribution in [0.1, 0.15) is 5.56 Å². The minimum absolute atomic E-state index is 0.0278. The van der Waals surface area contributed by atoms with E-state index in [4.69, 9.17) is 0 Å². The Morgan fingerprint density at radius 3 is 2.63 bits per heavy atom. The molecule has 132 valence electrons. The summed E-state index contributed by atoms with van der Waals surface area (Å²) in [6.07, 6.45) is 1.53. The highest BCUT2D eigenvalue weighted by molar-refractivity contribution is 5.90. The Balaban J connectivity index is 1.58. The van der Waals surface area contributed by atoms with Gasteiger partial charge < -0.3 is 0 Å². The number of hydrogen-bond acceptors (Lipinski definition) is 7. The molecular weight excluding hydrogens is 346 g/mol. The summed E-state index contributed by atoms with van der Waals surface area (Å²) in [4.78, 5) is 10.2. The van der Waals surface area contributed by atoms with Gasteiger partial charge in [-0.3, -0.25) is 10.1 Å². The standard InChI is InChI=1S/C18H13N7O2/c26-25(27)15-10-8-13(9-11-15)12-19-20-18-21-22-23-24(18)17-7-3-5-14-4-1-2-6-16(14)17/h1-12H,(H,20,21,23). The van der Waals surface area contributed by atoms with E-state index in [-0.39, 0.29) is 5.69 Å². The zero-order valence-electron chi connectivity index (χ0n) is 13.9. The second kappa shape index (κ2) is 7.00. The van der Waals surface area contributed by atoms with E-state index in [1.165, 1.54) is 18.3 Å². The largest absolute Gasteiger partial charge is 0.269 e. The first-order valence-corrected chi connectivity index (χ1v) is 8.02. The Hall–Kier alpha value is -4.14. The fourth-order valence-corrected chi connectivity index (χ4v) is 2.66. The minimum atomic E-state index is -0.447. The predicted molar refractivity (Wildman–Crippen MR) is 101 cm³/mol. The number of fused-ring (bicyclic) bond motifs is 1. The highest BCUT2D eigenvalue weighted by Gasteiger charge is 2.10. The molecule has 1 aromatic heterocycles. The first kappa shape index (κ1) is 16.3. The average Bonchev–Trinajstić information content (AvgIpc) is 3.16. The predicted octanol–water partition coefficient (Wildman–Crippen LogP) is 3.17. The molecule has 0 spiro atoms. The zero-order valence-corrected chi connectivity index (χ0v) is 13.9. The fourth-order valence-electron chi connectivity index (χ4n) is 2.66. The minimum Gasteiger partial charge on any atom is -0.258 e. The van der Waals surface area contributed by atoms with Crippen LogP contribution in [0.4, 0.5) is 11.6 Å². The van der Waals surface area contributed by atoms with Gasteiger partial charge in [-0.25, -0.2) is 5.43 Å². The molecule has 1 N–H and O–H groups in total. The summed E-state index contributed by atoms with van der Waals surface area (Å²) in [7, 11) is 0. The van der Waals surface area contributed by atoms with Crippen LogP contribution in [-0.4, -0.2) is 31.3 Å². The third-order valence-corrected chi connectivity index (χ3v) is 3.95. The van der Waals surface area contributed by atoms with Crippen molar-refractivity contribution in [3.63, 3.8) is 0 Å². The average molecular weight is 359 g/mol. The highest BCUT2D eigenvalue weighted by Crippen LogP contribution is 2.23. The van der Waals surface area contributed by atoms with Gasteiger partial charge in [-0.1, -0.05) is 41.5 Å². The lowest BCUT2D eigenvalue weighted by atomic mass is 10.1. The molecule has 9 heteroatoms. The van der Waals surface area contributed by atoms with Crippen LogP contribution in [0.25, 0.3) is 16.5 Å². The lowest BCUT2D eigenvalue weighted by Gasteiger charge is -2.07. The van der Waals surface area contributed by atoms with Gasteiger partial charge >= 0.3 is 0 Å². The van der Waals surface area contributed by atoms with Crippen molar-refractivity contribution in [1.82, 2.24) is 20.2 Å². The van der Waals surface area contributed by atoms with Gasteiger partial charge in [-0.2, -0.15) is 9.78 Å².